The monoisotopic (exact) mass is 455 g/mol. The standard InChI is InChI=1S/C19H19Cl2N3O4S/c20-15-7-3-2-6-14(15)19(26)23-22-18(25)13-8-9-16(21)17(12-13)29(27,28)24-10-4-1-5-11-24/h2-3,6-9,12H,1,4-5,10-11H2,(H,22,25)(H,23,26). The molecule has 1 heterocycles. The molecule has 0 spiro atoms. The molecule has 154 valence electrons. The molecule has 0 aromatic heterocycles. The van der Waals surface area contributed by atoms with Crippen LogP contribution >= 0.6 is 23.2 Å². The van der Waals surface area contributed by atoms with Gasteiger partial charge in [-0.2, -0.15) is 4.31 Å². The molecule has 0 aliphatic carbocycles. The van der Waals surface area contributed by atoms with Crippen molar-refractivity contribution in [3.63, 3.8) is 0 Å². The molecule has 0 unspecified atom stereocenters. The predicted molar refractivity (Wildman–Crippen MR) is 110 cm³/mol. The fraction of sp³-hybridized carbons (Fsp3) is 0.263. The number of nitrogens with one attached hydrogen (secondary N) is 2. The number of halogens is 2. The summed E-state index contributed by atoms with van der Waals surface area (Å²) in [6, 6.07) is 10.3. The molecule has 29 heavy (non-hydrogen) atoms. The second-order valence-electron chi connectivity index (χ2n) is 6.50. The van der Waals surface area contributed by atoms with Gasteiger partial charge in [0.2, 0.25) is 10.0 Å². The first kappa shape index (κ1) is 21.6. The van der Waals surface area contributed by atoms with E-state index in [9.17, 15) is 18.0 Å². The SMILES string of the molecule is O=C(NNC(=O)c1ccccc1Cl)c1ccc(Cl)c(S(=O)(=O)N2CCCCC2)c1. The van der Waals surface area contributed by atoms with Crippen molar-refractivity contribution in [2.45, 2.75) is 24.2 Å². The van der Waals surface area contributed by atoms with Gasteiger partial charge in [0.1, 0.15) is 4.90 Å². The van der Waals surface area contributed by atoms with Crippen molar-refractivity contribution in [1.82, 2.24) is 15.2 Å². The minimum atomic E-state index is -3.81. The molecule has 0 bridgehead atoms. The van der Waals surface area contributed by atoms with Crippen molar-refractivity contribution >= 4 is 45.0 Å². The van der Waals surface area contributed by atoms with E-state index >= 15 is 0 Å². The van der Waals surface area contributed by atoms with Gasteiger partial charge < -0.3 is 0 Å². The molecular formula is C19H19Cl2N3O4S. The first-order chi connectivity index (χ1) is 13.8. The summed E-state index contributed by atoms with van der Waals surface area (Å²) >= 11 is 12.1. The molecule has 0 saturated carbocycles. The first-order valence-corrected chi connectivity index (χ1v) is 11.2. The van der Waals surface area contributed by atoms with Gasteiger partial charge in [-0.1, -0.05) is 41.8 Å². The Balaban J connectivity index is 1.76. The number of amides is 2. The van der Waals surface area contributed by atoms with Crippen molar-refractivity contribution < 1.29 is 18.0 Å². The summed E-state index contributed by atoms with van der Waals surface area (Å²) in [7, 11) is -3.81. The van der Waals surface area contributed by atoms with Crippen LogP contribution in [0.5, 0.6) is 0 Å². The number of hydrogen-bond donors (Lipinski definition) is 2. The predicted octanol–water partition coefficient (Wildman–Crippen LogP) is 3.24. The van der Waals surface area contributed by atoms with Gasteiger partial charge in [-0.05, 0) is 43.2 Å². The second kappa shape index (κ2) is 9.13. The van der Waals surface area contributed by atoms with Gasteiger partial charge in [0.25, 0.3) is 11.8 Å². The molecular weight excluding hydrogens is 437 g/mol. The number of carbonyl (C=O) groups is 2. The van der Waals surface area contributed by atoms with E-state index in [4.69, 9.17) is 23.2 Å². The fourth-order valence-electron chi connectivity index (χ4n) is 2.99. The van der Waals surface area contributed by atoms with Crippen LogP contribution in [0, 0.1) is 0 Å². The smallest absolute Gasteiger partial charge is 0.267 e. The molecule has 2 N–H and O–H groups in total. The Hall–Kier alpha value is -2.13. The average Bonchev–Trinajstić information content (AvgIpc) is 2.73. The van der Waals surface area contributed by atoms with Gasteiger partial charge in [-0.25, -0.2) is 8.42 Å². The van der Waals surface area contributed by atoms with Crippen molar-refractivity contribution in [3.05, 3.63) is 63.6 Å². The number of nitrogens with zero attached hydrogens (tertiary/aromatic N) is 1. The molecule has 1 fully saturated rings. The summed E-state index contributed by atoms with van der Waals surface area (Å²) in [6.45, 7) is 0.839. The topological polar surface area (TPSA) is 95.6 Å². The van der Waals surface area contributed by atoms with Crippen LogP contribution in [0.1, 0.15) is 40.0 Å². The molecule has 2 aromatic carbocycles. The third-order valence-electron chi connectivity index (χ3n) is 4.53. The quantitative estimate of drug-likeness (QED) is 0.691. The van der Waals surface area contributed by atoms with E-state index in [1.54, 1.807) is 18.2 Å². The largest absolute Gasteiger partial charge is 0.271 e. The third-order valence-corrected chi connectivity index (χ3v) is 7.24. The van der Waals surface area contributed by atoms with Gasteiger partial charge in [-0.3, -0.25) is 20.4 Å². The average molecular weight is 456 g/mol. The Morgan fingerprint density at radius 2 is 1.52 bits per heavy atom. The van der Waals surface area contributed by atoms with Gasteiger partial charge in [0, 0.05) is 18.7 Å². The van der Waals surface area contributed by atoms with E-state index in [2.05, 4.69) is 10.9 Å². The van der Waals surface area contributed by atoms with Gasteiger partial charge >= 0.3 is 0 Å². The molecule has 0 radical (unpaired) electrons. The zero-order valence-corrected chi connectivity index (χ0v) is 17.6. The van der Waals surface area contributed by atoms with Crippen LogP contribution in [-0.4, -0.2) is 37.6 Å². The zero-order valence-electron chi connectivity index (χ0n) is 15.3. The van der Waals surface area contributed by atoms with Crippen LogP contribution in [0.2, 0.25) is 10.0 Å². The molecule has 10 heteroatoms. The van der Waals surface area contributed by atoms with Crippen LogP contribution in [0.25, 0.3) is 0 Å². The maximum absolute atomic E-state index is 12.9. The summed E-state index contributed by atoms with van der Waals surface area (Å²) in [5.41, 5.74) is 4.75. The lowest BCUT2D eigenvalue weighted by molar-refractivity contribution is 0.0846. The van der Waals surface area contributed by atoms with Crippen LogP contribution < -0.4 is 10.9 Å². The highest BCUT2D eigenvalue weighted by molar-refractivity contribution is 7.89. The number of rotatable bonds is 4. The third kappa shape index (κ3) is 4.90. The normalized spacial score (nSPS) is 15.0. The highest BCUT2D eigenvalue weighted by Gasteiger charge is 2.28. The van der Waals surface area contributed by atoms with Crippen LogP contribution in [0.15, 0.2) is 47.4 Å². The van der Waals surface area contributed by atoms with Gasteiger partial charge in [0.05, 0.1) is 15.6 Å². The van der Waals surface area contributed by atoms with E-state index in [0.717, 1.165) is 19.3 Å². The molecule has 1 saturated heterocycles. The molecule has 0 atom stereocenters. The number of hydrazine groups is 1. The second-order valence-corrected chi connectivity index (χ2v) is 9.22. The molecule has 1 aliphatic heterocycles. The minimum Gasteiger partial charge on any atom is -0.267 e. The van der Waals surface area contributed by atoms with Crippen LogP contribution in [0.4, 0.5) is 0 Å². The van der Waals surface area contributed by atoms with Crippen LogP contribution in [0.3, 0.4) is 0 Å². The lowest BCUT2D eigenvalue weighted by Gasteiger charge is -2.26. The van der Waals surface area contributed by atoms with Crippen molar-refractivity contribution in [1.29, 1.82) is 0 Å². The molecule has 3 rings (SSSR count). The number of benzene rings is 2. The van der Waals surface area contributed by atoms with E-state index < -0.39 is 21.8 Å². The number of hydrogen-bond acceptors (Lipinski definition) is 4. The Labute approximate surface area is 179 Å². The number of carbonyl (C=O) groups excluding carboxylic acids is 2. The van der Waals surface area contributed by atoms with Crippen molar-refractivity contribution in [2.75, 3.05) is 13.1 Å². The Morgan fingerprint density at radius 1 is 0.862 bits per heavy atom. The zero-order chi connectivity index (χ0) is 21.0. The summed E-state index contributed by atoms with van der Waals surface area (Å²) in [6.07, 6.45) is 2.55. The van der Waals surface area contributed by atoms with E-state index in [1.165, 1.54) is 28.6 Å². The van der Waals surface area contributed by atoms with Crippen molar-refractivity contribution in [3.8, 4) is 0 Å². The summed E-state index contributed by atoms with van der Waals surface area (Å²) in [4.78, 5) is 24.4. The molecule has 7 nitrogen and oxygen atoms in total. The van der Waals surface area contributed by atoms with Gasteiger partial charge in [0.15, 0.2) is 0 Å². The fourth-order valence-corrected chi connectivity index (χ4v) is 5.22. The Kier molecular flexibility index (Phi) is 6.79. The highest BCUT2D eigenvalue weighted by atomic mass is 35.5. The van der Waals surface area contributed by atoms with E-state index in [1.807, 2.05) is 0 Å². The Morgan fingerprint density at radius 3 is 2.21 bits per heavy atom. The lowest BCUT2D eigenvalue weighted by Crippen LogP contribution is -2.42. The maximum atomic E-state index is 12.9. The number of sulfonamides is 1. The first-order valence-electron chi connectivity index (χ1n) is 8.95. The van der Waals surface area contributed by atoms with E-state index in [-0.39, 0.29) is 26.1 Å². The Bertz CT molecular complexity index is 1040. The molecule has 2 aromatic rings. The highest BCUT2D eigenvalue weighted by Crippen LogP contribution is 2.27. The van der Waals surface area contributed by atoms with Crippen LogP contribution in [-0.2, 0) is 10.0 Å². The molecule has 2 amide bonds. The molecule has 1 aliphatic rings. The lowest BCUT2D eigenvalue weighted by atomic mass is 10.2. The maximum Gasteiger partial charge on any atom is 0.271 e. The minimum absolute atomic E-state index is 0.0345. The van der Waals surface area contributed by atoms with E-state index in [0.29, 0.717) is 13.1 Å². The summed E-state index contributed by atoms with van der Waals surface area (Å²) in [5.74, 6) is -1.28. The van der Waals surface area contributed by atoms with Crippen molar-refractivity contribution in [2.24, 2.45) is 0 Å². The summed E-state index contributed by atoms with van der Waals surface area (Å²) in [5, 5.41) is 0.271. The number of piperidine rings is 1. The van der Waals surface area contributed by atoms with Gasteiger partial charge in [-0.15, -0.1) is 0 Å². The summed E-state index contributed by atoms with van der Waals surface area (Å²) < 4.78 is 27.2.